The van der Waals surface area contributed by atoms with Crippen LogP contribution < -0.4 is 10.1 Å². The van der Waals surface area contributed by atoms with E-state index in [9.17, 15) is 9.59 Å². The molecule has 1 saturated carbocycles. The third-order valence-electron chi connectivity index (χ3n) is 5.71. The van der Waals surface area contributed by atoms with Gasteiger partial charge in [-0.1, -0.05) is 56.5 Å². The van der Waals surface area contributed by atoms with E-state index in [2.05, 4.69) is 27.9 Å². The van der Waals surface area contributed by atoms with Gasteiger partial charge in [-0.2, -0.15) is 0 Å². The van der Waals surface area contributed by atoms with Crippen molar-refractivity contribution in [2.24, 2.45) is 0 Å². The number of amides is 2. The first-order chi connectivity index (χ1) is 15.1. The quantitative estimate of drug-likeness (QED) is 0.465. The number of carbonyl (C=O) groups excluding carboxylic acids is 2. The van der Waals surface area contributed by atoms with Crippen molar-refractivity contribution >= 4 is 34.4 Å². The molecule has 1 aliphatic carbocycles. The van der Waals surface area contributed by atoms with Gasteiger partial charge in [0, 0.05) is 16.2 Å². The number of ether oxygens (including phenoxy) is 1. The Bertz CT molecular complexity index is 836. The second-order valence-corrected chi connectivity index (χ2v) is 9.26. The number of rotatable bonds is 9. The Morgan fingerprint density at radius 2 is 1.74 bits per heavy atom. The fourth-order valence-electron chi connectivity index (χ4n) is 4.00. The molecule has 0 saturated heterocycles. The number of halogens is 1. The molecule has 0 radical (unpaired) electrons. The summed E-state index contributed by atoms with van der Waals surface area (Å²) in [5, 5.41) is 3.20. The lowest BCUT2D eigenvalue weighted by molar-refractivity contribution is -0.143. The lowest BCUT2D eigenvalue weighted by Gasteiger charge is -2.32. The van der Waals surface area contributed by atoms with E-state index in [0.29, 0.717) is 18.7 Å². The van der Waals surface area contributed by atoms with Crippen LogP contribution in [0.25, 0.3) is 0 Å². The second-order valence-electron chi connectivity index (χ2n) is 8.02. The van der Waals surface area contributed by atoms with Gasteiger partial charge in [0.15, 0.2) is 6.61 Å². The van der Waals surface area contributed by atoms with Crippen molar-refractivity contribution in [3.05, 3.63) is 63.7 Å². The maximum absolute atomic E-state index is 13.2. The molecule has 166 valence electrons. The Morgan fingerprint density at radius 1 is 1.06 bits per heavy atom. The Morgan fingerprint density at radius 3 is 2.39 bits per heavy atom. The molecule has 2 amide bonds. The van der Waals surface area contributed by atoms with Gasteiger partial charge in [0.1, 0.15) is 11.8 Å². The lowest BCUT2D eigenvalue weighted by Crippen LogP contribution is -2.52. The predicted octanol–water partition coefficient (Wildman–Crippen LogP) is 4.93. The zero-order valence-electron chi connectivity index (χ0n) is 18.1. The van der Waals surface area contributed by atoms with Crippen molar-refractivity contribution in [2.45, 2.75) is 64.1 Å². The third-order valence-corrected chi connectivity index (χ3v) is 6.43. The smallest absolute Gasteiger partial charge is 0.261 e. The lowest BCUT2D eigenvalue weighted by atomic mass is 9.95. The minimum absolute atomic E-state index is 0.0621. The molecule has 3 rings (SSSR count). The van der Waals surface area contributed by atoms with Gasteiger partial charge >= 0.3 is 0 Å². The molecule has 5 nitrogen and oxygen atoms in total. The highest BCUT2D eigenvalue weighted by molar-refractivity contribution is 14.1. The average Bonchev–Trinajstić information content (AvgIpc) is 2.79. The Hall–Kier alpha value is -2.09. The van der Waals surface area contributed by atoms with Crippen molar-refractivity contribution in [1.29, 1.82) is 0 Å². The largest absolute Gasteiger partial charge is 0.484 e. The van der Waals surface area contributed by atoms with E-state index < -0.39 is 6.04 Å². The van der Waals surface area contributed by atoms with E-state index in [4.69, 9.17) is 4.74 Å². The van der Waals surface area contributed by atoms with E-state index >= 15 is 0 Å². The van der Waals surface area contributed by atoms with Crippen LogP contribution in [0.3, 0.4) is 0 Å². The predicted molar refractivity (Wildman–Crippen MR) is 131 cm³/mol. The SMILES string of the molecule is CCC(C(=O)NC1CCCCC1)N(Cc1ccccc1)C(=O)COc1ccc(I)cc1. The van der Waals surface area contributed by atoms with Gasteiger partial charge in [-0.3, -0.25) is 9.59 Å². The first-order valence-electron chi connectivity index (χ1n) is 11.1. The van der Waals surface area contributed by atoms with Crippen molar-refractivity contribution in [3.63, 3.8) is 0 Å². The molecular weight excluding hydrogens is 503 g/mol. The van der Waals surface area contributed by atoms with Crippen LogP contribution in [-0.2, 0) is 16.1 Å². The zero-order chi connectivity index (χ0) is 22.1. The molecule has 0 heterocycles. The number of carbonyl (C=O) groups is 2. The van der Waals surface area contributed by atoms with E-state index in [1.54, 1.807) is 4.90 Å². The highest BCUT2D eigenvalue weighted by Crippen LogP contribution is 2.19. The van der Waals surface area contributed by atoms with Gasteiger partial charge in [-0.25, -0.2) is 0 Å². The number of nitrogens with zero attached hydrogens (tertiary/aromatic N) is 1. The highest BCUT2D eigenvalue weighted by Gasteiger charge is 2.30. The molecule has 1 atom stereocenters. The summed E-state index contributed by atoms with van der Waals surface area (Å²) >= 11 is 2.23. The summed E-state index contributed by atoms with van der Waals surface area (Å²) in [6, 6.07) is 17.1. The Balaban J connectivity index is 1.72. The average molecular weight is 534 g/mol. The van der Waals surface area contributed by atoms with E-state index in [1.807, 2.05) is 61.5 Å². The fourth-order valence-corrected chi connectivity index (χ4v) is 4.36. The number of benzene rings is 2. The number of hydrogen-bond acceptors (Lipinski definition) is 3. The van der Waals surface area contributed by atoms with Gasteiger partial charge in [-0.15, -0.1) is 0 Å². The van der Waals surface area contributed by atoms with Crippen molar-refractivity contribution in [3.8, 4) is 5.75 Å². The summed E-state index contributed by atoms with van der Waals surface area (Å²) in [5.41, 5.74) is 0.994. The van der Waals surface area contributed by atoms with E-state index in [1.165, 1.54) is 6.42 Å². The van der Waals surface area contributed by atoms with Crippen molar-refractivity contribution in [2.75, 3.05) is 6.61 Å². The van der Waals surface area contributed by atoms with Crippen LogP contribution in [0, 0.1) is 3.57 Å². The topological polar surface area (TPSA) is 58.6 Å². The molecular formula is C25H31IN2O3. The first-order valence-corrected chi connectivity index (χ1v) is 12.2. The molecule has 0 aliphatic heterocycles. The molecule has 6 heteroatoms. The van der Waals surface area contributed by atoms with Crippen LogP contribution in [-0.4, -0.2) is 35.4 Å². The normalized spacial score (nSPS) is 15.2. The maximum atomic E-state index is 13.2. The molecule has 2 aromatic rings. The maximum Gasteiger partial charge on any atom is 0.261 e. The van der Waals surface area contributed by atoms with Crippen molar-refractivity contribution in [1.82, 2.24) is 10.2 Å². The van der Waals surface area contributed by atoms with Crippen LogP contribution in [0.4, 0.5) is 0 Å². The van der Waals surface area contributed by atoms with Crippen molar-refractivity contribution < 1.29 is 14.3 Å². The fraction of sp³-hybridized carbons (Fsp3) is 0.440. The molecule has 1 N–H and O–H groups in total. The molecule has 2 aromatic carbocycles. The first kappa shape index (κ1) is 23.6. The monoisotopic (exact) mass is 534 g/mol. The zero-order valence-corrected chi connectivity index (χ0v) is 20.2. The minimum atomic E-state index is -0.519. The molecule has 31 heavy (non-hydrogen) atoms. The van der Waals surface area contributed by atoms with Gasteiger partial charge in [0.05, 0.1) is 0 Å². The third kappa shape index (κ3) is 7.23. The van der Waals surface area contributed by atoms with Crippen LogP contribution in [0.15, 0.2) is 54.6 Å². The molecule has 0 aromatic heterocycles. The molecule has 1 fully saturated rings. The van der Waals surface area contributed by atoms with Crippen LogP contribution in [0.5, 0.6) is 5.75 Å². The highest BCUT2D eigenvalue weighted by atomic mass is 127. The van der Waals surface area contributed by atoms with Gasteiger partial charge in [-0.05, 0) is 71.7 Å². The standard InChI is InChI=1S/C25H31IN2O3/c1-2-23(25(30)27-21-11-7-4-8-12-21)28(17-19-9-5-3-6-10-19)24(29)18-31-22-15-13-20(26)14-16-22/h3,5-6,9-10,13-16,21,23H,2,4,7-8,11-12,17-18H2,1H3,(H,27,30). The van der Waals surface area contributed by atoms with Gasteiger partial charge < -0.3 is 15.0 Å². The second kappa shape index (κ2) is 12.1. The Labute approximate surface area is 198 Å². The van der Waals surface area contributed by atoms with Gasteiger partial charge in [0.2, 0.25) is 5.91 Å². The summed E-state index contributed by atoms with van der Waals surface area (Å²) in [7, 11) is 0. The molecule has 0 spiro atoms. The van der Waals surface area contributed by atoms with E-state index in [-0.39, 0.29) is 24.5 Å². The van der Waals surface area contributed by atoms with Crippen LogP contribution in [0.2, 0.25) is 0 Å². The Kier molecular flexibility index (Phi) is 9.18. The van der Waals surface area contributed by atoms with Crippen LogP contribution in [0.1, 0.15) is 51.0 Å². The minimum Gasteiger partial charge on any atom is -0.484 e. The summed E-state index contributed by atoms with van der Waals surface area (Å²) in [6.07, 6.45) is 6.13. The van der Waals surface area contributed by atoms with E-state index in [0.717, 1.165) is 34.8 Å². The molecule has 1 unspecified atom stereocenters. The number of hydrogen-bond donors (Lipinski definition) is 1. The molecule has 0 bridgehead atoms. The number of nitrogens with one attached hydrogen (secondary N) is 1. The van der Waals surface area contributed by atoms with Crippen LogP contribution >= 0.6 is 22.6 Å². The van der Waals surface area contributed by atoms with Gasteiger partial charge in [0.25, 0.3) is 5.91 Å². The summed E-state index contributed by atoms with van der Waals surface area (Å²) < 4.78 is 6.84. The molecule has 1 aliphatic rings. The summed E-state index contributed by atoms with van der Waals surface area (Å²) in [6.45, 7) is 2.24. The summed E-state index contributed by atoms with van der Waals surface area (Å²) in [4.78, 5) is 28.0. The summed E-state index contributed by atoms with van der Waals surface area (Å²) in [5.74, 6) is 0.397.